The van der Waals surface area contributed by atoms with Gasteiger partial charge in [0.25, 0.3) is 0 Å². The Balaban J connectivity index is 2.35. The summed E-state index contributed by atoms with van der Waals surface area (Å²) in [6.07, 6.45) is 2.12. The summed E-state index contributed by atoms with van der Waals surface area (Å²) in [5.41, 5.74) is 2.43. The van der Waals surface area contributed by atoms with Crippen molar-refractivity contribution < 1.29 is 10.2 Å². The summed E-state index contributed by atoms with van der Waals surface area (Å²) in [4.78, 5) is 1.58. The van der Waals surface area contributed by atoms with E-state index < -0.39 is 0 Å². The highest BCUT2D eigenvalue weighted by molar-refractivity contribution is 7.99. The zero-order valence-electron chi connectivity index (χ0n) is 14.3. The average Bonchev–Trinajstić information content (AvgIpc) is 2.57. The Kier molecular flexibility index (Phi) is 6.00. The van der Waals surface area contributed by atoms with E-state index in [1.54, 1.807) is 12.1 Å². The van der Waals surface area contributed by atoms with E-state index in [0.717, 1.165) is 22.6 Å². The summed E-state index contributed by atoms with van der Waals surface area (Å²) in [6.45, 7) is 8.68. The van der Waals surface area contributed by atoms with E-state index in [4.69, 9.17) is 0 Å². The van der Waals surface area contributed by atoms with Crippen molar-refractivity contribution in [2.24, 2.45) is 0 Å². The minimum atomic E-state index is 0.260. The second-order valence-corrected chi connectivity index (χ2v) is 7.26. The van der Waals surface area contributed by atoms with Crippen LogP contribution in [-0.2, 0) is 0 Å². The molecule has 23 heavy (non-hydrogen) atoms. The van der Waals surface area contributed by atoms with Gasteiger partial charge in [0.1, 0.15) is 11.5 Å². The third kappa shape index (κ3) is 4.23. The van der Waals surface area contributed by atoms with Crippen molar-refractivity contribution >= 4 is 11.8 Å². The highest BCUT2D eigenvalue weighted by Crippen LogP contribution is 2.41. The molecule has 0 saturated carbocycles. The van der Waals surface area contributed by atoms with Gasteiger partial charge in [-0.05, 0) is 60.1 Å². The van der Waals surface area contributed by atoms with Crippen molar-refractivity contribution in [2.75, 3.05) is 0 Å². The SMILES string of the molecule is CCC(C)c1ccc(O)c(Sc2cc(C(C)CC)ccc2O)c1. The Bertz CT molecular complexity index is 609. The summed E-state index contributed by atoms with van der Waals surface area (Å²) in [5.74, 6) is 1.43. The smallest absolute Gasteiger partial charge is 0.129 e. The van der Waals surface area contributed by atoms with Crippen molar-refractivity contribution in [1.82, 2.24) is 0 Å². The Morgan fingerprint density at radius 3 is 1.52 bits per heavy atom. The van der Waals surface area contributed by atoms with Crippen LogP contribution in [0.2, 0.25) is 0 Å². The van der Waals surface area contributed by atoms with Crippen molar-refractivity contribution in [2.45, 2.75) is 62.2 Å². The summed E-state index contributed by atoms with van der Waals surface area (Å²) in [7, 11) is 0. The van der Waals surface area contributed by atoms with Gasteiger partial charge in [-0.3, -0.25) is 0 Å². The van der Waals surface area contributed by atoms with E-state index in [1.165, 1.54) is 22.9 Å². The van der Waals surface area contributed by atoms with Crippen molar-refractivity contribution in [3.8, 4) is 11.5 Å². The summed E-state index contributed by atoms with van der Waals surface area (Å²) in [5, 5.41) is 20.3. The Morgan fingerprint density at radius 2 is 1.17 bits per heavy atom. The molecule has 2 N–H and O–H groups in total. The van der Waals surface area contributed by atoms with Crippen LogP contribution < -0.4 is 0 Å². The number of hydrogen-bond acceptors (Lipinski definition) is 3. The maximum Gasteiger partial charge on any atom is 0.129 e. The quantitative estimate of drug-likeness (QED) is 0.655. The van der Waals surface area contributed by atoms with Crippen molar-refractivity contribution in [1.29, 1.82) is 0 Å². The maximum absolute atomic E-state index is 10.2. The van der Waals surface area contributed by atoms with Crippen LogP contribution in [0.15, 0.2) is 46.2 Å². The van der Waals surface area contributed by atoms with E-state index in [9.17, 15) is 10.2 Å². The van der Waals surface area contributed by atoms with Crippen LogP contribution in [0, 0.1) is 0 Å². The molecule has 0 spiro atoms. The molecule has 124 valence electrons. The molecule has 2 aromatic rings. The van der Waals surface area contributed by atoms with Gasteiger partial charge in [0, 0.05) is 0 Å². The monoisotopic (exact) mass is 330 g/mol. The van der Waals surface area contributed by atoms with Crippen molar-refractivity contribution in [3.63, 3.8) is 0 Å². The molecular weight excluding hydrogens is 304 g/mol. The standard InChI is InChI=1S/C20H26O2S/c1-5-13(3)15-7-9-17(21)19(11-15)23-20-12-16(14(4)6-2)8-10-18(20)22/h7-14,21-22H,5-6H2,1-4H3. The summed E-state index contributed by atoms with van der Waals surface area (Å²) >= 11 is 1.42. The molecule has 2 atom stereocenters. The number of rotatable bonds is 6. The fourth-order valence-corrected chi connectivity index (χ4v) is 3.40. The number of aromatic hydroxyl groups is 2. The third-order valence-electron chi connectivity index (χ3n) is 4.55. The first-order valence-electron chi connectivity index (χ1n) is 8.29. The lowest BCUT2D eigenvalue weighted by molar-refractivity contribution is 0.459. The van der Waals surface area contributed by atoms with E-state index >= 15 is 0 Å². The van der Waals surface area contributed by atoms with Gasteiger partial charge in [0.2, 0.25) is 0 Å². The zero-order chi connectivity index (χ0) is 17.0. The topological polar surface area (TPSA) is 40.5 Å². The number of benzene rings is 2. The molecule has 0 saturated heterocycles. The predicted octanol–water partition coefficient (Wildman–Crippen LogP) is 6.28. The van der Waals surface area contributed by atoms with Crippen LogP contribution in [0.3, 0.4) is 0 Å². The molecule has 0 fully saturated rings. The van der Waals surface area contributed by atoms with Crippen LogP contribution in [-0.4, -0.2) is 10.2 Å². The Labute approximate surface area is 143 Å². The van der Waals surface area contributed by atoms with Crippen LogP contribution in [0.1, 0.15) is 63.5 Å². The molecule has 3 heteroatoms. The lowest BCUT2D eigenvalue weighted by Crippen LogP contribution is -1.93. The number of hydrogen-bond donors (Lipinski definition) is 2. The maximum atomic E-state index is 10.2. The van der Waals surface area contributed by atoms with Gasteiger partial charge in [0.05, 0.1) is 9.79 Å². The zero-order valence-corrected chi connectivity index (χ0v) is 15.2. The Morgan fingerprint density at radius 1 is 0.783 bits per heavy atom. The summed E-state index contributed by atoms with van der Waals surface area (Å²) in [6, 6.07) is 11.5. The van der Waals surface area contributed by atoms with Crippen LogP contribution in [0.25, 0.3) is 0 Å². The molecule has 2 aromatic carbocycles. The third-order valence-corrected chi connectivity index (χ3v) is 5.64. The first-order valence-corrected chi connectivity index (χ1v) is 9.11. The van der Waals surface area contributed by atoms with E-state index in [-0.39, 0.29) is 11.5 Å². The average molecular weight is 330 g/mol. The molecule has 2 rings (SSSR count). The fourth-order valence-electron chi connectivity index (χ4n) is 2.43. The first-order chi connectivity index (χ1) is 11.0. The van der Waals surface area contributed by atoms with Crippen molar-refractivity contribution in [3.05, 3.63) is 47.5 Å². The lowest BCUT2D eigenvalue weighted by atomic mass is 9.99. The minimum Gasteiger partial charge on any atom is -0.507 e. The minimum absolute atomic E-state index is 0.260. The van der Waals surface area contributed by atoms with Gasteiger partial charge in [-0.1, -0.05) is 51.6 Å². The largest absolute Gasteiger partial charge is 0.507 e. The van der Waals surface area contributed by atoms with Crippen LogP contribution in [0.4, 0.5) is 0 Å². The number of phenols is 2. The molecule has 0 aliphatic carbocycles. The fraction of sp³-hybridized carbons (Fsp3) is 0.400. The first kappa shape index (κ1) is 17.7. The predicted molar refractivity (Wildman–Crippen MR) is 97.7 cm³/mol. The van der Waals surface area contributed by atoms with E-state index in [2.05, 4.69) is 27.7 Å². The van der Waals surface area contributed by atoms with Gasteiger partial charge in [-0.25, -0.2) is 0 Å². The highest BCUT2D eigenvalue weighted by Gasteiger charge is 2.13. The highest BCUT2D eigenvalue weighted by atomic mass is 32.2. The van der Waals surface area contributed by atoms with Crippen LogP contribution >= 0.6 is 11.8 Å². The van der Waals surface area contributed by atoms with Gasteiger partial charge in [-0.15, -0.1) is 0 Å². The molecule has 2 nitrogen and oxygen atoms in total. The second kappa shape index (κ2) is 7.78. The van der Waals surface area contributed by atoms with E-state index in [1.807, 2.05) is 24.3 Å². The summed E-state index contributed by atoms with van der Waals surface area (Å²) < 4.78 is 0. The van der Waals surface area contributed by atoms with E-state index in [0.29, 0.717) is 11.8 Å². The number of phenolic OH excluding ortho intramolecular Hbond substituents is 2. The Hall–Kier alpha value is -1.61. The molecule has 0 radical (unpaired) electrons. The molecule has 0 aromatic heterocycles. The van der Waals surface area contributed by atoms with Gasteiger partial charge < -0.3 is 10.2 Å². The lowest BCUT2D eigenvalue weighted by Gasteiger charge is -2.14. The molecule has 0 aliphatic heterocycles. The molecular formula is C20H26O2S. The van der Waals surface area contributed by atoms with Crippen LogP contribution in [0.5, 0.6) is 11.5 Å². The molecule has 0 bridgehead atoms. The molecule has 0 amide bonds. The van der Waals surface area contributed by atoms with Gasteiger partial charge in [0.15, 0.2) is 0 Å². The molecule has 2 unspecified atom stereocenters. The molecule has 0 aliphatic rings. The molecule has 0 heterocycles. The van der Waals surface area contributed by atoms with Gasteiger partial charge in [-0.2, -0.15) is 0 Å². The van der Waals surface area contributed by atoms with Gasteiger partial charge >= 0.3 is 0 Å². The normalized spacial score (nSPS) is 13.7. The second-order valence-electron chi connectivity index (χ2n) is 6.17.